The number of nitrogens with one attached hydrogen (secondary N) is 1. The second-order valence-electron chi connectivity index (χ2n) is 0.969. The molecule has 0 aromatic heterocycles. The van der Waals surface area contributed by atoms with Gasteiger partial charge in [0.15, 0.2) is 0 Å². The van der Waals surface area contributed by atoms with Crippen molar-refractivity contribution in [3.8, 4) is 0 Å². The van der Waals surface area contributed by atoms with Gasteiger partial charge in [0, 0.05) is 0 Å². The Morgan fingerprint density at radius 2 is 1.27 bits per heavy atom. The zero-order valence-corrected chi connectivity index (χ0v) is 9.37. The monoisotopic (exact) mass is 312 g/mol. The molecule has 0 heterocycles. The van der Waals surface area contributed by atoms with Gasteiger partial charge < -0.3 is 9.11 Å². The minimum absolute atomic E-state index is 0. The van der Waals surface area contributed by atoms with Gasteiger partial charge >= 0.3 is 34.2 Å². The molecule has 0 aliphatic rings. The molecule has 0 atom stereocenters. The first-order valence-electron chi connectivity index (χ1n) is 1.46. The molecule has 11 heavy (non-hydrogen) atoms. The molecular weight excluding hydrogens is 307 g/mol. The molecule has 66 valence electrons. The van der Waals surface area contributed by atoms with Crippen molar-refractivity contribution in [1.29, 1.82) is 4.78 Å². The molecule has 0 aromatic carbocycles. The van der Waals surface area contributed by atoms with E-state index in [9.17, 15) is 0 Å². The fourth-order valence-electron chi connectivity index (χ4n) is 0. The van der Waals surface area contributed by atoms with Crippen LogP contribution in [0.2, 0.25) is 0 Å². The maximum Gasteiger partial charge on any atom is 2.00 e. The van der Waals surface area contributed by atoms with Crippen LogP contribution in [0.15, 0.2) is 0 Å². The summed E-state index contributed by atoms with van der Waals surface area (Å²) in [5.41, 5.74) is 0. The number of hydrogen-bond donors (Lipinski definition) is 3. The smallest absolute Gasteiger partial charge is 0.775 e. The van der Waals surface area contributed by atoms with Crippen LogP contribution in [-0.2, 0) is 20.6 Å². The summed E-state index contributed by atoms with van der Waals surface area (Å²) in [6, 6.07) is 0. The first-order chi connectivity index (χ1) is 4.00. The second-order valence-corrected chi connectivity index (χ2v) is 2.91. The van der Waals surface area contributed by atoms with E-state index >= 15 is 0 Å². The summed E-state index contributed by atoms with van der Waals surface area (Å²) in [5, 5.41) is 3.88. The number of rotatable bonds is 0. The van der Waals surface area contributed by atoms with Gasteiger partial charge in [-0.15, -0.1) is 0 Å². The molecule has 0 amide bonds. The third kappa shape index (κ3) is 2650. The predicted octanol–water partition coefficient (Wildman–Crippen LogP) is -2.34. The van der Waals surface area contributed by atoms with Gasteiger partial charge in [0.2, 0.25) is 0 Å². The van der Waals surface area contributed by atoms with Crippen molar-refractivity contribution >= 4 is 44.5 Å². The van der Waals surface area contributed by atoms with E-state index in [4.69, 9.17) is 31.1 Å². The Bertz CT molecular complexity index is 215. The van der Waals surface area contributed by atoms with E-state index in [0.717, 1.165) is 0 Å². The van der Waals surface area contributed by atoms with Gasteiger partial charge in [-0.3, -0.25) is 13.5 Å². The standard InChI is InChI=1S/2H3NO3S.Sn/c2*1-5(2,3)4;/h2*(H3,1,2,3,4);/q;;+2/p-2. The van der Waals surface area contributed by atoms with Crippen LogP contribution in [-0.4, -0.2) is 50.2 Å². The van der Waals surface area contributed by atoms with Crippen LogP contribution < -0.4 is 5.14 Å². The molecule has 0 spiro atoms. The van der Waals surface area contributed by atoms with Gasteiger partial charge in [-0.2, -0.15) is 8.42 Å². The molecule has 8 nitrogen and oxygen atoms in total. The molecule has 0 saturated carbocycles. The Kier molecular flexibility index (Phi) is 9.75. The number of nitrogens with two attached hydrogens (primary N) is 1. The molecule has 0 bridgehead atoms. The molecule has 0 aliphatic heterocycles. The van der Waals surface area contributed by atoms with E-state index in [0.29, 0.717) is 0 Å². The largest absolute Gasteiger partial charge is 2.00 e. The van der Waals surface area contributed by atoms with Crippen LogP contribution in [0.5, 0.6) is 0 Å². The molecule has 0 aliphatic carbocycles. The van der Waals surface area contributed by atoms with E-state index in [2.05, 4.69) is 5.14 Å². The Hall–Kier alpha value is 0.539. The normalized spacial score (nSPS) is 10.5. The Labute approximate surface area is 80.6 Å². The van der Waals surface area contributed by atoms with Crippen LogP contribution in [0, 0.1) is 4.78 Å². The maximum atomic E-state index is 8.97. The molecular formula is H4N2O6S2Sn. The van der Waals surface area contributed by atoms with Crippen molar-refractivity contribution in [2.24, 2.45) is 5.14 Å². The summed E-state index contributed by atoms with van der Waals surface area (Å²) >= 11 is 0. The average Bonchev–Trinajstić information content (AvgIpc) is 1.12. The molecule has 0 fully saturated rings. The fraction of sp³-hybridized carbons (Fsp3) is 0. The Balaban J connectivity index is -0.000000107. The summed E-state index contributed by atoms with van der Waals surface area (Å²) < 4.78 is 56.8. The van der Waals surface area contributed by atoms with Crippen molar-refractivity contribution in [2.75, 3.05) is 0 Å². The van der Waals surface area contributed by atoms with Crippen molar-refractivity contribution in [3.63, 3.8) is 0 Å². The van der Waals surface area contributed by atoms with E-state index in [-0.39, 0.29) is 23.9 Å². The van der Waals surface area contributed by atoms with Crippen molar-refractivity contribution in [2.45, 2.75) is 0 Å². The molecule has 0 unspecified atom stereocenters. The first-order valence-corrected chi connectivity index (χ1v) is 4.37. The van der Waals surface area contributed by atoms with E-state index in [1.807, 2.05) is 0 Å². The van der Waals surface area contributed by atoms with Crippen LogP contribution in [0.4, 0.5) is 0 Å². The summed E-state index contributed by atoms with van der Waals surface area (Å²) in [6.45, 7) is 0. The summed E-state index contributed by atoms with van der Waals surface area (Å²) in [5.74, 6) is 0. The van der Waals surface area contributed by atoms with E-state index in [1.165, 1.54) is 0 Å². The van der Waals surface area contributed by atoms with Gasteiger partial charge in [0.25, 0.3) is 0 Å². The van der Waals surface area contributed by atoms with E-state index in [1.54, 1.807) is 0 Å². The van der Waals surface area contributed by atoms with Crippen LogP contribution in [0.25, 0.3) is 0 Å². The SMILES string of the molecule is N=S(=O)([O-])[O-].NS(=O)(=O)O.[Sn+2]. The van der Waals surface area contributed by atoms with Crippen LogP contribution >= 0.6 is 0 Å². The van der Waals surface area contributed by atoms with Crippen molar-refractivity contribution in [3.05, 3.63) is 0 Å². The van der Waals surface area contributed by atoms with Gasteiger partial charge in [-0.1, -0.05) is 10.3 Å². The molecule has 0 aromatic rings. The second kappa shape index (κ2) is 6.10. The van der Waals surface area contributed by atoms with Gasteiger partial charge in [-0.05, 0) is 0 Å². The van der Waals surface area contributed by atoms with E-state index < -0.39 is 20.6 Å². The molecule has 4 N–H and O–H groups in total. The minimum Gasteiger partial charge on any atom is -0.775 e. The topological polar surface area (TPSA) is 167 Å². The predicted molar refractivity (Wildman–Crippen MR) is 33.9 cm³/mol. The first kappa shape index (κ1) is 17.6. The number of hydrogen-bond acceptors (Lipinski definition) is 6. The van der Waals surface area contributed by atoms with Gasteiger partial charge in [-0.25, -0.2) is 5.14 Å². The summed E-state index contributed by atoms with van der Waals surface area (Å²) in [6.07, 6.45) is 0. The molecule has 11 heteroatoms. The molecule has 2 radical (unpaired) electrons. The Morgan fingerprint density at radius 3 is 1.27 bits per heavy atom. The van der Waals surface area contributed by atoms with Crippen molar-refractivity contribution in [1.82, 2.24) is 0 Å². The maximum absolute atomic E-state index is 8.97. The van der Waals surface area contributed by atoms with Crippen molar-refractivity contribution < 1.29 is 26.3 Å². The molecule has 0 rings (SSSR count). The molecule has 0 saturated heterocycles. The summed E-state index contributed by atoms with van der Waals surface area (Å²) in [4.78, 5) is 0. The van der Waals surface area contributed by atoms with Crippen LogP contribution in [0.3, 0.4) is 0 Å². The van der Waals surface area contributed by atoms with Gasteiger partial charge in [0.05, 0.1) is 0 Å². The third-order valence-corrected chi connectivity index (χ3v) is 0. The average molecular weight is 311 g/mol. The quantitative estimate of drug-likeness (QED) is 0.334. The zero-order valence-electron chi connectivity index (χ0n) is 4.88. The third-order valence-electron chi connectivity index (χ3n) is 0. The van der Waals surface area contributed by atoms with Gasteiger partial charge in [0.1, 0.15) is 0 Å². The Morgan fingerprint density at radius 1 is 1.27 bits per heavy atom. The zero-order chi connectivity index (χ0) is 9.00. The summed E-state index contributed by atoms with van der Waals surface area (Å²) in [7, 11) is -8.83. The fourth-order valence-corrected chi connectivity index (χ4v) is 0. The minimum atomic E-state index is -4.67. The van der Waals surface area contributed by atoms with Crippen LogP contribution in [0.1, 0.15) is 0 Å².